The molecule has 0 aliphatic carbocycles. The Morgan fingerprint density at radius 1 is 1.41 bits per heavy atom. The fourth-order valence-electron chi connectivity index (χ4n) is 1.71. The van der Waals surface area contributed by atoms with Crippen molar-refractivity contribution in [1.29, 1.82) is 0 Å². The van der Waals surface area contributed by atoms with Crippen LogP contribution in [0.2, 0.25) is 0 Å². The summed E-state index contributed by atoms with van der Waals surface area (Å²) in [7, 11) is 0. The zero-order valence-corrected chi connectivity index (χ0v) is 13.6. The van der Waals surface area contributed by atoms with Crippen LogP contribution in [0.3, 0.4) is 0 Å². The van der Waals surface area contributed by atoms with Gasteiger partial charge >= 0.3 is 0 Å². The lowest BCUT2D eigenvalue weighted by Crippen LogP contribution is -2.20. The molecule has 2 aromatic rings. The SMILES string of the molecule is CCNC(c1coc(C)c1)c1cc(Br)c(Br)s1. The van der Waals surface area contributed by atoms with Crippen LogP contribution < -0.4 is 5.32 Å². The minimum atomic E-state index is 0.199. The first-order chi connectivity index (χ1) is 8.11. The van der Waals surface area contributed by atoms with Gasteiger partial charge in [-0.1, -0.05) is 6.92 Å². The zero-order valence-electron chi connectivity index (χ0n) is 9.59. The van der Waals surface area contributed by atoms with Crippen LogP contribution in [0.15, 0.2) is 31.1 Å². The molecule has 0 spiro atoms. The molecular weight excluding hydrogens is 366 g/mol. The van der Waals surface area contributed by atoms with Gasteiger partial charge in [0, 0.05) is 14.9 Å². The van der Waals surface area contributed by atoms with Gasteiger partial charge in [-0.05, 0) is 57.5 Å². The van der Waals surface area contributed by atoms with Gasteiger partial charge in [0.15, 0.2) is 0 Å². The van der Waals surface area contributed by atoms with Crippen molar-refractivity contribution in [1.82, 2.24) is 5.32 Å². The van der Waals surface area contributed by atoms with E-state index in [1.807, 2.05) is 13.2 Å². The van der Waals surface area contributed by atoms with Crippen molar-refractivity contribution in [2.75, 3.05) is 6.54 Å². The summed E-state index contributed by atoms with van der Waals surface area (Å²) < 4.78 is 7.61. The van der Waals surface area contributed by atoms with Gasteiger partial charge < -0.3 is 9.73 Å². The van der Waals surface area contributed by atoms with Gasteiger partial charge in [0.2, 0.25) is 0 Å². The Morgan fingerprint density at radius 3 is 2.65 bits per heavy atom. The van der Waals surface area contributed by atoms with Crippen molar-refractivity contribution in [2.45, 2.75) is 19.9 Å². The Hall–Kier alpha value is -0.1000. The standard InChI is InChI=1S/C12H13Br2NOS/c1-3-15-11(8-4-7(2)16-6-8)10-5-9(13)12(14)17-10/h4-6,11,15H,3H2,1-2H3. The molecule has 0 saturated heterocycles. The fraction of sp³-hybridized carbons (Fsp3) is 0.333. The molecular formula is C12H13Br2NOS. The highest BCUT2D eigenvalue weighted by molar-refractivity contribution is 9.13. The van der Waals surface area contributed by atoms with Crippen LogP contribution >= 0.6 is 43.2 Å². The number of rotatable bonds is 4. The maximum atomic E-state index is 5.39. The van der Waals surface area contributed by atoms with E-state index in [1.165, 1.54) is 10.4 Å². The zero-order chi connectivity index (χ0) is 12.4. The van der Waals surface area contributed by atoms with E-state index in [-0.39, 0.29) is 6.04 Å². The Labute approximate surface area is 122 Å². The van der Waals surface area contributed by atoms with Crippen LogP contribution in [-0.2, 0) is 0 Å². The highest BCUT2D eigenvalue weighted by Crippen LogP contribution is 2.37. The molecule has 2 rings (SSSR count). The van der Waals surface area contributed by atoms with Gasteiger partial charge in [-0.15, -0.1) is 11.3 Å². The molecule has 0 aromatic carbocycles. The lowest BCUT2D eigenvalue weighted by Gasteiger charge is -2.14. The average molecular weight is 379 g/mol. The Kier molecular flexibility index (Phi) is 4.47. The molecule has 17 heavy (non-hydrogen) atoms. The second kappa shape index (κ2) is 5.69. The van der Waals surface area contributed by atoms with E-state index >= 15 is 0 Å². The molecule has 0 radical (unpaired) electrons. The van der Waals surface area contributed by atoms with E-state index in [4.69, 9.17) is 4.42 Å². The van der Waals surface area contributed by atoms with Gasteiger partial charge in [0.05, 0.1) is 16.1 Å². The van der Waals surface area contributed by atoms with Crippen molar-refractivity contribution in [2.24, 2.45) is 0 Å². The maximum absolute atomic E-state index is 5.39. The number of halogens is 2. The third kappa shape index (κ3) is 3.02. The molecule has 0 saturated carbocycles. The molecule has 0 bridgehead atoms. The quantitative estimate of drug-likeness (QED) is 0.820. The van der Waals surface area contributed by atoms with E-state index in [0.717, 1.165) is 20.6 Å². The summed E-state index contributed by atoms with van der Waals surface area (Å²) in [6, 6.07) is 4.42. The first-order valence-corrected chi connectivity index (χ1v) is 7.75. The van der Waals surface area contributed by atoms with E-state index in [9.17, 15) is 0 Å². The van der Waals surface area contributed by atoms with E-state index in [1.54, 1.807) is 11.3 Å². The Bertz CT molecular complexity index is 487. The van der Waals surface area contributed by atoms with Crippen LogP contribution in [0.4, 0.5) is 0 Å². The minimum absolute atomic E-state index is 0.199. The second-order valence-corrected chi connectivity index (χ2v) is 7.01. The molecule has 0 fully saturated rings. The van der Waals surface area contributed by atoms with Gasteiger partial charge in [-0.2, -0.15) is 0 Å². The third-order valence-corrected chi connectivity index (χ3v) is 5.76. The maximum Gasteiger partial charge on any atom is 0.101 e. The smallest absolute Gasteiger partial charge is 0.101 e. The number of aryl methyl sites for hydroxylation is 1. The van der Waals surface area contributed by atoms with E-state index in [0.29, 0.717) is 0 Å². The molecule has 2 heterocycles. The van der Waals surface area contributed by atoms with Crippen molar-refractivity contribution in [3.8, 4) is 0 Å². The van der Waals surface area contributed by atoms with Crippen LogP contribution in [0.1, 0.15) is 29.2 Å². The molecule has 2 aromatic heterocycles. The molecule has 1 N–H and O–H groups in total. The fourth-order valence-corrected chi connectivity index (χ4v) is 3.90. The predicted octanol–water partition coefficient (Wildman–Crippen LogP) is 4.87. The largest absolute Gasteiger partial charge is 0.469 e. The van der Waals surface area contributed by atoms with Crippen molar-refractivity contribution in [3.63, 3.8) is 0 Å². The lowest BCUT2D eigenvalue weighted by molar-refractivity contribution is 0.526. The highest BCUT2D eigenvalue weighted by atomic mass is 79.9. The second-order valence-electron chi connectivity index (χ2n) is 3.75. The molecule has 1 unspecified atom stereocenters. The number of nitrogens with one attached hydrogen (secondary N) is 1. The van der Waals surface area contributed by atoms with Crippen molar-refractivity contribution >= 4 is 43.2 Å². The summed E-state index contributed by atoms with van der Waals surface area (Å²) in [5.74, 6) is 0.942. The summed E-state index contributed by atoms with van der Waals surface area (Å²) in [5, 5.41) is 3.48. The number of furan rings is 1. The van der Waals surface area contributed by atoms with Gasteiger partial charge in [-0.25, -0.2) is 0 Å². The molecule has 0 aliphatic heterocycles. The normalized spacial score (nSPS) is 12.9. The Morgan fingerprint density at radius 2 is 2.18 bits per heavy atom. The molecule has 0 aliphatic rings. The van der Waals surface area contributed by atoms with E-state index in [2.05, 4.69) is 56.2 Å². The lowest BCUT2D eigenvalue weighted by atomic mass is 10.1. The number of hydrogen-bond acceptors (Lipinski definition) is 3. The monoisotopic (exact) mass is 377 g/mol. The molecule has 92 valence electrons. The van der Waals surface area contributed by atoms with Gasteiger partial charge in [-0.3, -0.25) is 0 Å². The highest BCUT2D eigenvalue weighted by Gasteiger charge is 2.18. The van der Waals surface area contributed by atoms with Crippen LogP contribution in [-0.4, -0.2) is 6.54 Å². The van der Waals surface area contributed by atoms with E-state index < -0.39 is 0 Å². The summed E-state index contributed by atoms with van der Waals surface area (Å²) in [6.45, 7) is 4.99. The average Bonchev–Trinajstić information content (AvgIpc) is 2.83. The van der Waals surface area contributed by atoms with Gasteiger partial charge in [0.25, 0.3) is 0 Å². The van der Waals surface area contributed by atoms with Crippen LogP contribution in [0.25, 0.3) is 0 Å². The molecule has 0 amide bonds. The van der Waals surface area contributed by atoms with Crippen LogP contribution in [0, 0.1) is 6.92 Å². The molecule has 2 nitrogen and oxygen atoms in total. The first-order valence-electron chi connectivity index (χ1n) is 5.35. The van der Waals surface area contributed by atoms with Crippen LogP contribution in [0.5, 0.6) is 0 Å². The Balaban J connectivity index is 2.34. The third-order valence-electron chi connectivity index (χ3n) is 2.44. The molecule has 1 atom stereocenters. The summed E-state index contributed by atoms with van der Waals surface area (Å²) in [6.07, 6.45) is 1.82. The number of thiophene rings is 1. The topological polar surface area (TPSA) is 25.2 Å². The predicted molar refractivity (Wildman–Crippen MR) is 78.7 cm³/mol. The minimum Gasteiger partial charge on any atom is -0.469 e. The first kappa shape index (κ1) is 13.3. The van der Waals surface area contributed by atoms with Crippen molar-refractivity contribution in [3.05, 3.63) is 42.9 Å². The van der Waals surface area contributed by atoms with Gasteiger partial charge in [0.1, 0.15) is 5.76 Å². The summed E-state index contributed by atoms with van der Waals surface area (Å²) in [4.78, 5) is 1.27. The number of hydrogen-bond donors (Lipinski definition) is 1. The van der Waals surface area contributed by atoms with Crippen molar-refractivity contribution < 1.29 is 4.42 Å². The summed E-state index contributed by atoms with van der Waals surface area (Å²) >= 11 is 8.79. The molecule has 5 heteroatoms. The summed E-state index contributed by atoms with van der Waals surface area (Å²) in [5.41, 5.74) is 1.17.